The number of allylic oxidation sites excluding steroid dienone is 2. The minimum atomic E-state index is -0.436. The van der Waals surface area contributed by atoms with Crippen LogP contribution in [0.15, 0.2) is 22.0 Å². The minimum absolute atomic E-state index is 0.323. The lowest BCUT2D eigenvalue weighted by atomic mass is 10.4. The molecule has 1 aliphatic rings. The Hall–Kier alpha value is -0.510. The smallest absolute Gasteiger partial charge is 0.394 e. The second-order valence-electron chi connectivity index (χ2n) is 2.16. The average Bonchev–Trinajstić information content (AvgIpc) is 2.30. The molecule has 3 nitrogen and oxygen atoms in total. The fraction of sp³-hybridized carbons (Fsp3) is 0.286. The summed E-state index contributed by atoms with van der Waals surface area (Å²) in [6.45, 7) is 2.06. The zero-order valence-electron chi connectivity index (χ0n) is 6.43. The van der Waals surface area contributed by atoms with Gasteiger partial charge in [-0.25, -0.2) is 4.79 Å². The van der Waals surface area contributed by atoms with Crippen molar-refractivity contribution in [1.29, 1.82) is 0 Å². The number of quaternary nitrogens is 1. The van der Waals surface area contributed by atoms with Crippen LogP contribution in [0, 0.1) is 0 Å². The Balaban J connectivity index is 2.68. The second kappa shape index (κ2) is 3.94. The summed E-state index contributed by atoms with van der Waals surface area (Å²) in [6, 6.07) is 0. The van der Waals surface area contributed by atoms with Crippen molar-refractivity contribution >= 4 is 29.2 Å². The highest BCUT2D eigenvalue weighted by atomic mass is 35.5. The first-order valence-electron chi connectivity index (χ1n) is 3.44. The van der Waals surface area contributed by atoms with E-state index in [1.165, 1.54) is 11.4 Å². The van der Waals surface area contributed by atoms with Crippen LogP contribution in [0.5, 0.6) is 0 Å². The van der Waals surface area contributed by atoms with Crippen molar-refractivity contribution in [2.24, 2.45) is 0 Å². The summed E-state index contributed by atoms with van der Waals surface area (Å²) in [4.78, 5) is 11.1. The van der Waals surface area contributed by atoms with Gasteiger partial charge in [-0.3, -0.25) is 5.32 Å². The van der Waals surface area contributed by atoms with Crippen molar-refractivity contribution in [3.05, 3.63) is 22.0 Å². The molecule has 0 bridgehead atoms. The monoisotopic (exact) mass is 208 g/mol. The van der Waals surface area contributed by atoms with Gasteiger partial charge in [-0.15, -0.1) is 0 Å². The fourth-order valence-corrected chi connectivity index (χ4v) is 1.34. The molecule has 0 radical (unpaired) electrons. The number of carbonyl (C=O) groups excluding carboxylic acids is 1. The molecular formula is C7H8Cl2NO2+. The van der Waals surface area contributed by atoms with Crippen LogP contribution >= 0.6 is 23.2 Å². The van der Waals surface area contributed by atoms with Crippen molar-refractivity contribution in [2.75, 3.05) is 6.61 Å². The van der Waals surface area contributed by atoms with Gasteiger partial charge < -0.3 is 4.74 Å². The Morgan fingerprint density at radius 3 is 2.75 bits per heavy atom. The summed E-state index contributed by atoms with van der Waals surface area (Å²) >= 11 is 11.3. The summed E-state index contributed by atoms with van der Waals surface area (Å²) in [5, 5.41) is 2.27. The van der Waals surface area contributed by atoms with Gasteiger partial charge in [0.2, 0.25) is 10.9 Å². The number of nitrogens with two attached hydrogens (primary N) is 1. The molecule has 0 saturated carbocycles. The van der Waals surface area contributed by atoms with Crippen molar-refractivity contribution in [2.45, 2.75) is 6.92 Å². The van der Waals surface area contributed by atoms with E-state index in [4.69, 9.17) is 27.9 Å². The SMILES string of the molecule is CCOC(=O)C1=C(Cl)C=C(Cl)[NH2+]1. The lowest BCUT2D eigenvalue weighted by Gasteiger charge is -1.99. The van der Waals surface area contributed by atoms with Crippen molar-refractivity contribution in [1.82, 2.24) is 0 Å². The maximum atomic E-state index is 11.1. The first kappa shape index (κ1) is 9.58. The third-order valence-electron chi connectivity index (χ3n) is 1.30. The van der Waals surface area contributed by atoms with E-state index in [1.54, 1.807) is 6.92 Å². The van der Waals surface area contributed by atoms with E-state index >= 15 is 0 Å². The first-order chi connectivity index (χ1) is 5.65. The molecule has 1 aliphatic heterocycles. The van der Waals surface area contributed by atoms with E-state index in [0.29, 0.717) is 22.5 Å². The molecule has 0 aromatic rings. The number of hydrogen-bond donors (Lipinski definition) is 1. The van der Waals surface area contributed by atoms with Gasteiger partial charge in [0.1, 0.15) is 5.03 Å². The third-order valence-corrected chi connectivity index (χ3v) is 1.83. The van der Waals surface area contributed by atoms with E-state index in [0.717, 1.165) is 0 Å². The largest absolute Gasteiger partial charge is 0.458 e. The van der Waals surface area contributed by atoms with E-state index < -0.39 is 5.97 Å². The minimum Gasteiger partial charge on any atom is -0.458 e. The Morgan fingerprint density at radius 2 is 2.33 bits per heavy atom. The Labute approximate surface area is 80.0 Å². The van der Waals surface area contributed by atoms with Gasteiger partial charge in [-0.1, -0.05) is 11.6 Å². The fourth-order valence-electron chi connectivity index (χ4n) is 0.813. The summed E-state index contributed by atoms with van der Waals surface area (Å²) in [5.74, 6) is -0.436. The van der Waals surface area contributed by atoms with Crippen LogP contribution in [-0.4, -0.2) is 12.6 Å². The third kappa shape index (κ3) is 2.00. The maximum Gasteiger partial charge on any atom is 0.394 e. The molecule has 0 unspecified atom stereocenters. The zero-order valence-corrected chi connectivity index (χ0v) is 7.95. The van der Waals surface area contributed by atoms with E-state index in [1.807, 2.05) is 0 Å². The highest BCUT2D eigenvalue weighted by molar-refractivity contribution is 6.36. The van der Waals surface area contributed by atoms with Gasteiger partial charge in [0, 0.05) is 6.08 Å². The van der Waals surface area contributed by atoms with Crippen LogP contribution in [0.2, 0.25) is 0 Å². The predicted octanol–water partition coefficient (Wildman–Crippen LogP) is 0.657. The quantitative estimate of drug-likeness (QED) is 0.536. The number of ether oxygens (including phenoxy) is 1. The van der Waals surface area contributed by atoms with Gasteiger partial charge in [0.05, 0.1) is 6.61 Å². The maximum absolute atomic E-state index is 11.1. The molecule has 1 heterocycles. The number of rotatable bonds is 2. The van der Waals surface area contributed by atoms with Gasteiger partial charge in [-0.05, 0) is 18.5 Å². The van der Waals surface area contributed by atoms with E-state index in [9.17, 15) is 4.79 Å². The highest BCUT2D eigenvalue weighted by Gasteiger charge is 2.26. The molecule has 0 fully saturated rings. The predicted molar refractivity (Wildman–Crippen MR) is 45.4 cm³/mol. The summed E-state index contributed by atoms with van der Waals surface area (Å²) in [6.07, 6.45) is 1.51. The number of hydrogen-bond acceptors (Lipinski definition) is 2. The standard InChI is InChI=1S/C7H7Cl2NO2/c1-2-12-7(11)6-4(8)3-5(9)10-6/h3,10H,2H2,1H3/p+1. The molecule has 2 N–H and O–H groups in total. The molecule has 0 atom stereocenters. The molecule has 0 aliphatic carbocycles. The zero-order chi connectivity index (χ0) is 9.14. The Morgan fingerprint density at radius 1 is 1.67 bits per heavy atom. The molecule has 66 valence electrons. The normalized spacial score (nSPS) is 16.4. The molecule has 0 aromatic carbocycles. The van der Waals surface area contributed by atoms with Crippen LogP contribution in [0.1, 0.15) is 6.92 Å². The molecule has 0 aromatic heterocycles. The average molecular weight is 209 g/mol. The van der Waals surface area contributed by atoms with Gasteiger partial charge in [-0.2, -0.15) is 0 Å². The van der Waals surface area contributed by atoms with Crippen LogP contribution < -0.4 is 5.32 Å². The topological polar surface area (TPSA) is 42.9 Å². The molecule has 0 saturated heterocycles. The van der Waals surface area contributed by atoms with Crippen LogP contribution in [-0.2, 0) is 9.53 Å². The lowest BCUT2D eigenvalue weighted by molar-refractivity contribution is -0.535. The van der Waals surface area contributed by atoms with Crippen LogP contribution in [0.25, 0.3) is 0 Å². The highest BCUT2D eigenvalue weighted by Crippen LogP contribution is 2.15. The van der Waals surface area contributed by atoms with Crippen molar-refractivity contribution < 1.29 is 14.8 Å². The Kier molecular flexibility index (Phi) is 3.14. The van der Waals surface area contributed by atoms with Crippen LogP contribution in [0.3, 0.4) is 0 Å². The summed E-state index contributed by atoms with van der Waals surface area (Å²) in [5.41, 5.74) is 0.323. The molecule has 12 heavy (non-hydrogen) atoms. The number of halogens is 2. The van der Waals surface area contributed by atoms with Gasteiger partial charge in [0.25, 0.3) is 0 Å². The number of carbonyl (C=O) groups is 1. The molecule has 0 spiro atoms. The summed E-state index contributed by atoms with van der Waals surface area (Å²) in [7, 11) is 0. The van der Waals surface area contributed by atoms with Crippen molar-refractivity contribution in [3.8, 4) is 0 Å². The van der Waals surface area contributed by atoms with Crippen molar-refractivity contribution in [3.63, 3.8) is 0 Å². The van der Waals surface area contributed by atoms with Crippen LogP contribution in [0.4, 0.5) is 0 Å². The Bertz CT molecular complexity index is 271. The van der Waals surface area contributed by atoms with Gasteiger partial charge in [0.15, 0.2) is 0 Å². The molecular weight excluding hydrogens is 201 g/mol. The molecule has 0 amide bonds. The van der Waals surface area contributed by atoms with Gasteiger partial charge >= 0.3 is 5.97 Å². The molecule has 1 rings (SSSR count). The van der Waals surface area contributed by atoms with E-state index in [-0.39, 0.29) is 0 Å². The molecule has 5 heteroatoms. The summed E-state index contributed by atoms with van der Waals surface area (Å²) < 4.78 is 4.74. The lowest BCUT2D eigenvalue weighted by Crippen LogP contribution is -2.79. The number of esters is 1. The first-order valence-corrected chi connectivity index (χ1v) is 4.19. The second-order valence-corrected chi connectivity index (χ2v) is 3.00. The van der Waals surface area contributed by atoms with E-state index in [2.05, 4.69) is 0 Å².